The molecule has 0 N–H and O–H groups in total. The van der Waals surface area contributed by atoms with Gasteiger partial charge in [0.2, 0.25) is 0 Å². The molecule has 0 spiro atoms. The van der Waals surface area contributed by atoms with Crippen LogP contribution < -0.4 is 0 Å². The van der Waals surface area contributed by atoms with Crippen molar-refractivity contribution in [3.63, 3.8) is 0 Å². The molecule has 4 heteroatoms. The molecule has 2 aromatic heterocycles. The van der Waals surface area contributed by atoms with Gasteiger partial charge < -0.3 is 4.42 Å². The van der Waals surface area contributed by atoms with Gasteiger partial charge in [-0.2, -0.15) is 10.2 Å². The highest BCUT2D eigenvalue weighted by atomic mass is 16.3. The van der Waals surface area contributed by atoms with Crippen LogP contribution in [0.1, 0.15) is 15.9 Å². The topological polar surface area (TPSA) is 56.0 Å². The predicted octanol–water partition coefficient (Wildman–Crippen LogP) is 1.30. The third-order valence-corrected chi connectivity index (χ3v) is 1.63. The van der Waals surface area contributed by atoms with Crippen LogP contribution in [-0.4, -0.2) is 16.0 Å². The number of ketones is 1. The van der Waals surface area contributed by atoms with Crippen molar-refractivity contribution in [2.45, 2.75) is 0 Å². The van der Waals surface area contributed by atoms with Crippen LogP contribution >= 0.6 is 0 Å². The van der Waals surface area contributed by atoms with Crippen LogP contribution in [-0.2, 0) is 0 Å². The van der Waals surface area contributed by atoms with Crippen molar-refractivity contribution in [3.05, 3.63) is 48.2 Å². The molecule has 0 unspecified atom stereocenters. The Morgan fingerprint density at radius 2 is 2.15 bits per heavy atom. The maximum absolute atomic E-state index is 11.6. The fraction of sp³-hybridized carbons (Fsp3) is 0. The minimum Gasteiger partial charge on any atom is -0.472 e. The van der Waals surface area contributed by atoms with Crippen molar-refractivity contribution in [3.8, 4) is 0 Å². The Balaban J connectivity index is 2.34. The quantitative estimate of drug-likeness (QED) is 0.644. The lowest BCUT2D eigenvalue weighted by Crippen LogP contribution is -2.00. The summed E-state index contributed by atoms with van der Waals surface area (Å²) < 4.78 is 4.80. The second-order valence-corrected chi connectivity index (χ2v) is 2.47. The molecule has 0 amide bonds. The Labute approximate surface area is 74.2 Å². The van der Waals surface area contributed by atoms with Gasteiger partial charge in [-0.15, -0.1) is 0 Å². The van der Waals surface area contributed by atoms with Crippen LogP contribution in [0.15, 0.2) is 41.5 Å². The zero-order valence-corrected chi connectivity index (χ0v) is 6.68. The molecule has 0 atom stereocenters. The second-order valence-electron chi connectivity index (χ2n) is 2.47. The van der Waals surface area contributed by atoms with Crippen LogP contribution in [0.3, 0.4) is 0 Å². The average Bonchev–Trinajstić information content (AvgIpc) is 2.71. The molecular weight excluding hydrogens is 168 g/mol. The Bertz CT molecular complexity index is 395. The van der Waals surface area contributed by atoms with Crippen LogP contribution in [0.2, 0.25) is 0 Å². The molecule has 0 bridgehead atoms. The maximum atomic E-state index is 11.6. The second kappa shape index (κ2) is 3.18. The predicted molar refractivity (Wildman–Crippen MR) is 44.2 cm³/mol. The third kappa shape index (κ3) is 1.46. The summed E-state index contributed by atoms with van der Waals surface area (Å²) in [5.74, 6) is -0.108. The Hall–Kier alpha value is -1.97. The van der Waals surface area contributed by atoms with E-state index in [-0.39, 0.29) is 5.78 Å². The molecule has 0 radical (unpaired) electrons. The highest BCUT2D eigenvalue weighted by Crippen LogP contribution is 2.07. The van der Waals surface area contributed by atoms with Crippen molar-refractivity contribution in [2.24, 2.45) is 0 Å². The number of furan rings is 1. The van der Waals surface area contributed by atoms with E-state index in [1.54, 1.807) is 12.1 Å². The summed E-state index contributed by atoms with van der Waals surface area (Å²) in [5, 5.41) is 7.20. The van der Waals surface area contributed by atoms with Gasteiger partial charge in [0.05, 0.1) is 24.2 Å². The lowest BCUT2D eigenvalue weighted by atomic mass is 10.1. The van der Waals surface area contributed by atoms with E-state index < -0.39 is 0 Å². The van der Waals surface area contributed by atoms with E-state index >= 15 is 0 Å². The fourth-order valence-electron chi connectivity index (χ4n) is 0.985. The van der Waals surface area contributed by atoms with E-state index in [4.69, 9.17) is 4.42 Å². The average molecular weight is 174 g/mol. The molecule has 0 aliphatic heterocycles. The molecule has 0 aliphatic rings. The Morgan fingerprint density at radius 1 is 1.23 bits per heavy atom. The Morgan fingerprint density at radius 3 is 2.77 bits per heavy atom. The van der Waals surface area contributed by atoms with Gasteiger partial charge in [0.15, 0.2) is 5.78 Å². The number of aromatic nitrogens is 2. The summed E-state index contributed by atoms with van der Waals surface area (Å²) >= 11 is 0. The van der Waals surface area contributed by atoms with Gasteiger partial charge in [0.1, 0.15) is 6.26 Å². The van der Waals surface area contributed by atoms with Gasteiger partial charge >= 0.3 is 0 Å². The van der Waals surface area contributed by atoms with E-state index in [0.717, 1.165) is 0 Å². The highest BCUT2D eigenvalue weighted by molar-refractivity contribution is 6.08. The summed E-state index contributed by atoms with van der Waals surface area (Å²) in [6.07, 6.45) is 5.77. The molecular formula is C9H6N2O2. The minimum atomic E-state index is -0.108. The van der Waals surface area contributed by atoms with Crippen LogP contribution in [0.4, 0.5) is 0 Å². The normalized spacial score (nSPS) is 9.85. The molecule has 0 aromatic carbocycles. The SMILES string of the molecule is O=C(c1ccnnc1)c1ccoc1. The largest absolute Gasteiger partial charge is 0.472 e. The summed E-state index contributed by atoms with van der Waals surface area (Å²) in [5.41, 5.74) is 1.03. The maximum Gasteiger partial charge on any atom is 0.197 e. The highest BCUT2D eigenvalue weighted by Gasteiger charge is 2.09. The summed E-state index contributed by atoms with van der Waals surface area (Å²) in [6.45, 7) is 0. The number of hydrogen-bond acceptors (Lipinski definition) is 4. The molecule has 0 aliphatic carbocycles. The minimum absolute atomic E-state index is 0.108. The van der Waals surface area contributed by atoms with Crippen LogP contribution in [0.25, 0.3) is 0 Å². The van der Waals surface area contributed by atoms with Crippen LogP contribution in [0, 0.1) is 0 Å². The first-order valence-corrected chi connectivity index (χ1v) is 3.71. The number of hydrogen-bond donors (Lipinski definition) is 0. The number of rotatable bonds is 2. The van der Waals surface area contributed by atoms with E-state index in [9.17, 15) is 4.79 Å². The lowest BCUT2D eigenvalue weighted by Gasteiger charge is -1.93. The molecule has 0 saturated heterocycles. The van der Waals surface area contributed by atoms with Gasteiger partial charge in [-0.25, -0.2) is 0 Å². The van der Waals surface area contributed by atoms with Crippen molar-refractivity contribution in [1.82, 2.24) is 10.2 Å². The lowest BCUT2D eigenvalue weighted by molar-refractivity contribution is 0.103. The number of carbonyl (C=O) groups excluding carboxylic acids is 1. The third-order valence-electron chi connectivity index (χ3n) is 1.63. The molecule has 2 heterocycles. The van der Waals surface area contributed by atoms with E-state index in [1.165, 1.54) is 24.9 Å². The summed E-state index contributed by atoms with van der Waals surface area (Å²) in [7, 11) is 0. The fourth-order valence-corrected chi connectivity index (χ4v) is 0.985. The number of carbonyl (C=O) groups is 1. The molecule has 2 aromatic rings. The molecule has 0 saturated carbocycles. The summed E-state index contributed by atoms with van der Waals surface area (Å²) in [4.78, 5) is 11.6. The van der Waals surface area contributed by atoms with Gasteiger partial charge in [-0.05, 0) is 12.1 Å². The molecule has 0 fully saturated rings. The van der Waals surface area contributed by atoms with Crippen molar-refractivity contribution in [2.75, 3.05) is 0 Å². The first-order chi connectivity index (χ1) is 6.38. The van der Waals surface area contributed by atoms with Gasteiger partial charge in [0.25, 0.3) is 0 Å². The monoisotopic (exact) mass is 174 g/mol. The molecule has 2 rings (SSSR count). The summed E-state index contributed by atoms with van der Waals surface area (Å²) in [6, 6.07) is 3.23. The molecule has 13 heavy (non-hydrogen) atoms. The van der Waals surface area contributed by atoms with Crippen molar-refractivity contribution < 1.29 is 9.21 Å². The smallest absolute Gasteiger partial charge is 0.197 e. The number of nitrogens with zero attached hydrogens (tertiary/aromatic N) is 2. The van der Waals surface area contributed by atoms with E-state index in [0.29, 0.717) is 11.1 Å². The molecule has 64 valence electrons. The Kier molecular flexibility index (Phi) is 1.88. The van der Waals surface area contributed by atoms with Gasteiger partial charge in [-0.1, -0.05) is 0 Å². The van der Waals surface area contributed by atoms with Crippen molar-refractivity contribution >= 4 is 5.78 Å². The van der Waals surface area contributed by atoms with Gasteiger partial charge in [0, 0.05) is 5.56 Å². The first-order valence-electron chi connectivity index (χ1n) is 3.71. The zero-order chi connectivity index (χ0) is 9.10. The van der Waals surface area contributed by atoms with Crippen LogP contribution in [0.5, 0.6) is 0 Å². The molecule has 4 nitrogen and oxygen atoms in total. The van der Waals surface area contributed by atoms with E-state index in [1.807, 2.05) is 0 Å². The zero-order valence-electron chi connectivity index (χ0n) is 6.68. The standard InChI is InChI=1S/C9H6N2O2/c12-9(8-2-4-13-6-8)7-1-3-10-11-5-7/h1-6H. The van der Waals surface area contributed by atoms with Gasteiger partial charge in [-0.3, -0.25) is 4.79 Å². The van der Waals surface area contributed by atoms with E-state index in [2.05, 4.69) is 10.2 Å². The first kappa shape index (κ1) is 7.67. The van der Waals surface area contributed by atoms with Crippen molar-refractivity contribution in [1.29, 1.82) is 0 Å².